The molecule has 2 saturated heterocycles. The summed E-state index contributed by atoms with van der Waals surface area (Å²) in [6, 6.07) is 31.0. The molecule has 0 radical (unpaired) electrons. The summed E-state index contributed by atoms with van der Waals surface area (Å²) in [5.74, 6) is 0. The van der Waals surface area contributed by atoms with Crippen molar-refractivity contribution < 1.29 is 17.5 Å². The third kappa shape index (κ3) is 4.11. The Morgan fingerprint density at radius 3 is 1.10 bits per heavy atom. The van der Waals surface area contributed by atoms with Crippen LogP contribution in [-0.4, -0.2) is 47.6 Å². The first-order chi connectivity index (χ1) is 19.4. The van der Waals surface area contributed by atoms with E-state index in [1.807, 2.05) is 109 Å². The zero-order valence-electron chi connectivity index (χ0n) is 20.7. The van der Waals surface area contributed by atoms with Crippen LogP contribution < -0.4 is 14.0 Å². The molecule has 0 aliphatic carbocycles. The summed E-state index contributed by atoms with van der Waals surface area (Å²) in [7, 11) is 0. The van der Waals surface area contributed by atoms with Gasteiger partial charge >= 0.3 is 255 Å². The van der Waals surface area contributed by atoms with Gasteiger partial charge in [0.25, 0.3) is 0 Å². The number of benzene rings is 4. The van der Waals surface area contributed by atoms with Gasteiger partial charge in [0, 0.05) is 0 Å². The van der Waals surface area contributed by atoms with Crippen molar-refractivity contribution in [2.45, 2.75) is 24.4 Å². The summed E-state index contributed by atoms with van der Waals surface area (Å²) in [6.07, 6.45) is 2.92. The standard InChI is InChI=1S/4C6H4Cl.C6H6NO4.Sb/c4*7-6-4-2-1-3-5-6;8-7-10-5-3-1-2-4(9-3)6(5)11-7;/h4*2-5H;1-6H;/q;;;;-1;+1. The van der Waals surface area contributed by atoms with E-state index in [0.29, 0.717) is 20.1 Å². The molecule has 0 spiro atoms. The Kier molecular flexibility index (Phi) is 7.01. The van der Waals surface area contributed by atoms with Crippen LogP contribution in [0.4, 0.5) is 0 Å². The molecule has 3 aliphatic heterocycles. The molecule has 2 bridgehead atoms. The van der Waals surface area contributed by atoms with Crippen molar-refractivity contribution in [2.75, 3.05) is 0 Å². The molecular weight excluding hydrogens is 702 g/mol. The minimum atomic E-state index is -5.47. The van der Waals surface area contributed by atoms with Crippen LogP contribution in [0.15, 0.2) is 109 Å². The second-order valence-electron chi connectivity index (χ2n) is 9.84. The van der Waals surface area contributed by atoms with Crippen molar-refractivity contribution in [3.63, 3.8) is 0 Å². The summed E-state index contributed by atoms with van der Waals surface area (Å²) in [5, 5.41) is 3.61. The van der Waals surface area contributed by atoms with Gasteiger partial charge in [-0.1, -0.05) is 0 Å². The first-order valence-corrected chi connectivity index (χ1v) is 20.3. The van der Waals surface area contributed by atoms with Crippen molar-refractivity contribution in [2.24, 2.45) is 0 Å². The molecule has 4 aromatic carbocycles. The van der Waals surface area contributed by atoms with Crippen molar-refractivity contribution in [1.29, 1.82) is 0 Å². The summed E-state index contributed by atoms with van der Waals surface area (Å²) in [4.78, 5) is 12.7. The Morgan fingerprint density at radius 2 is 0.800 bits per heavy atom. The molecule has 3 aliphatic rings. The molecule has 4 atom stereocenters. The van der Waals surface area contributed by atoms with Crippen molar-refractivity contribution in [3.05, 3.63) is 129 Å². The van der Waals surface area contributed by atoms with Crippen LogP contribution in [0.1, 0.15) is 0 Å². The van der Waals surface area contributed by atoms with E-state index >= 15 is 0 Å². The van der Waals surface area contributed by atoms with E-state index in [0.717, 1.165) is 14.0 Å². The number of halogens is 4. The van der Waals surface area contributed by atoms with Gasteiger partial charge in [0.15, 0.2) is 0 Å². The number of rotatable bonds is 6. The summed E-state index contributed by atoms with van der Waals surface area (Å²) >= 11 is 20.2. The maximum atomic E-state index is 7.39. The van der Waals surface area contributed by atoms with Crippen LogP contribution >= 0.6 is 46.4 Å². The molecule has 0 N–H and O–H groups in total. The van der Waals surface area contributed by atoms with E-state index in [2.05, 4.69) is 0 Å². The SMILES string of the molecule is Clc1cc[c]([Sb]([O]N2OC3C4C=CC(O4)C3O2)([c]2ccc(Cl)cc2)([c]2ccc(Cl)cc2)[c]2ccc(Cl)cc2)cc1. The predicted molar refractivity (Wildman–Crippen MR) is 161 cm³/mol. The average molecular weight is 724 g/mol. The van der Waals surface area contributed by atoms with E-state index in [4.69, 9.17) is 63.9 Å². The third-order valence-corrected chi connectivity index (χ3v) is 24.7. The first kappa shape index (κ1) is 27.2. The topological polar surface area (TPSA) is 40.2 Å². The number of fused-ring (bicyclic) bond motifs is 5. The van der Waals surface area contributed by atoms with Crippen molar-refractivity contribution >= 4 is 78.3 Å². The van der Waals surface area contributed by atoms with Crippen LogP contribution in [0.2, 0.25) is 20.1 Å². The van der Waals surface area contributed by atoms with Crippen LogP contribution in [0.25, 0.3) is 0 Å². The molecule has 10 heteroatoms. The Hall–Kier alpha value is -1.60. The van der Waals surface area contributed by atoms with E-state index in [-0.39, 0.29) is 24.4 Å². The summed E-state index contributed by atoms with van der Waals surface area (Å²) in [6.45, 7) is 0. The normalized spacial score (nSPS) is 24.6. The van der Waals surface area contributed by atoms with E-state index < -0.39 is 17.8 Å². The van der Waals surface area contributed by atoms with Gasteiger partial charge < -0.3 is 0 Å². The summed E-state index contributed by atoms with van der Waals surface area (Å²) in [5.41, 5.74) is 0. The fourth-order valence-electron chi connectivity index (χ4n) is 5.86. The Balaban J connectivity index is 1.56. The van der Waals surface area contributed by atoms with Gasteiger partial charge in [-0.15, -0.1) is 0 Å². The molecule has 5 nitrogen and oxygen atoms in total. The second-order valence-corrected chi connectivity index (χ2v) is 23.9. The van der Waals surface area contributed by atoms with E-state index in [9.17, 15) is 0 Å². The van der Waals surface area contributed by atoms with Crippen LogP contribution in [0.3, 0.4) is 0 Å². The van der Waals surface area contributed by atoms with Crippen LogP contribution in [0.5, 0.6) is 0 Å². The molecular formula is C30H22Cl4NO4Sb. The van der Waals surface area contributed by atoms with E-state index in [1.165, 1.54) is 5.39 Å². The fourth-order valence-corrected chi connectivity index (χ4v) is 21.7. The van der Waals surface area contributed by atoms with Crippen LogP contribution in [-0.2, 0) is 17.5 Å². The monoisotopic (exact) mass is 721 g/mol. The molecule has 40 heavy (non-hydrogen) atoms. The van der Waals surface area contributed by atoms with Gasteiger partial charge in [-0.3, -0.25) is 0 Å². The van der Waals surface area contributed by atoms with Gasteiger partial charge in [-0.25, -0.2) is 0 Å². The molecule has 204 valence electrons. The number of hydrogen-bond acceptors (Lipinski definition) is 5. The van der Waals surface area contributed by atoms with Gasteiger partial charge in [0.1, 0.15) is 0 Å². The zero-order valence-corrected chi connectivity index (χ0v) is 26.3. The van der Waals surface area contributed by atoms with E-state index in [1.54, 1.807) is 0 Å². The second kappa shape index (κ2) is 10.3. The zero-order chi connectivity index (χ0) is 27.5. The molecule has 3 heterocycles. The quantitative estimate of drug-likeness (QED) is 0.199. The molecule has 0 amide bonds. The predicted octanol–water partition coefficient (Wildman–Crippen LogP) is 5.31. The molecule has 4 aromatic rings. The molecule has 4 unspecified atom stereocenters. The van der Waals surface area contributed by atoms with Crippen molar-refractivity contribution in [1.82, 2.24) is 5.39 Å². The minimum absolute atomic E-state index is 0.208. The fraction of sp³-hybridized carbons (Fsp3) is 0.133. The number of hydrogen-bond donors (Lipinski definition) is 0. The maximum absolute atomic E-state index is 7.39. The van der Waals surface area contributed by atoms with Gasteiger partial charge in [-0.2, -0.15) is 0 Å². The molecule has 2 fully saturated rings. The molecule has 0 saturated carbocycles. The first-order valence-electron chi connectivity index (χ1n) is 12.6. The summed E-state index contributed by atoms with van der Waals surface area (Å²) < 4.78 is 17.0. The van der Waals surface area contributed by atoms with Crippen molar-refractivity contribution in [3.8, 4) is 0 Å². The Bertz CT molecular complexity index is 1370. The third-order valence-electron chi connectivity index (χ3n) is 7.70. The van der Waals surface area contributed by atoms with Gasteiger partial charge in [0.2, 0.25) is 0 Å². The average Bonchev–Trinajstić information content (AvgIpc) is 3.68. The number of ether oxygens (including phenoxy) is 1. The van der Waals surface area contributed by atoms with Gasteiger partial charge in [-0.05, 0) is 0 Å². The molecule has 0 aromatic heterocycles. The Morgan fingerprint density at radius 1 is 0.500 bits per heavy atom. The molecule has 7 rings (SSSR count). The van der Waals surface area contributed by atoms with Gasteiger partial charge in [0.05, 0.1) is 0 Å². The van der Waals surface area contributed by atoms with Crippen LogP contribution in [0, 0.1) is 0 Å². The number of nitrogens with zero attached hydrogens (tertiary/aromatic N) is 1. The Labute approximate surface area is 253 Å².